The van der Waals surface area contributed by atoms with E-state index < -0.39 is 5.25 Å². The Bertz CT molecular complexity index is 1310. The van der Waals surface area contributed by atoms with E-state index in [2.05, 4.69) is 20.9 Å². The van der Waals surface area contributed by atoms with Gasteiger partial charge in [-0.2, -0.15) is 0 Å². The molecule has 0 aliphatic carbocycles. The first-order valence-electron chi connectivity index (χ1n) is 11.2. The molecule has 1 amide bonds. The van der Waals surface area contributed by atoms with Gasteiger partial charge in [0.25, 0.3) is 0 Å². The second-order valence-electron chi connectivity index (χ2n) is 8.08. The quantitative estimate of drug-likeness (QED) is 0.395. The second-order valence-corrected chi connectivity index (χ2v) is 9.19. The van der Waals surface area contributed by atoms with Crippen molar-refractivity contribution in [2.75, 3.05) is 17.9 Å². The topological polar surface area (TPSA) is 90.3 Å². The number of methoxy groups -OCH3 is 1. The van der Waals surface area contributed by atoms with E-state index in [1.807, 2.05) is 90.5 Å². The van der Waals surface area contributed by atoms with Crippen molar-refractivity contribution < 1.29 is 14.3 Å². The summed E-state index contributed by atoms with van der Waals surface area (Å²) < 4.78 is 13.1. The number of thioether (sulfide) groups is 1. The van der Waals surface area contributed by atoms with Gasteiger partial charge >= 0.3 is 0 Å². The standard InChI is InChI=1S/C26H25N5O3S/c1-17-12-14-18(15-13-17)23-24(25(32)27-20-10-6-7-11-21(20)33-2)35-26-29-28-22(31(26)30-23)16-34-19-8-4-3-5-9-19/h3-15,23-24,30H,16H2,1-2H3,(H,27,32)/t23-,24-/m0/s1. The van der Waals surface area contributed by atoms with Gasteiger partial charge in [0, 0.05) is 0 Å². The van der Waals surface area contributed by atoms with Crippen LogP contribution in [0.5, 0.6) is 11.5 Å². The Balaban J connectivity index is 1.43. The number of aryl methyl sites for hydroxylation is 1. The number of hydrogen-bond acceptors (Lipinski definition) is 7. The van der Waals surface area contributed by atoms with Crippen LogP contribution in [0.4, 0.5) is 5.69 Å². The van der Waals surface area contributed by atoms with E-state index >= 15 is 0 Å². The molecule has 0 saturated heterocycles. The molecule has 0 fully saturated rings. The minimum absolute atomic E-state index is 0.158. The minimum atomic E-state index is -0.498. The summed E-state index contributed by atoms with van der Waals surface area (Å²) in [7, 11) is 1.58. The summed E-state index contributed by atoms with van der Waals surface area (Å²) in [4.78, 5) is 13.5. The normalized spacial score (nSPS) is 16.6. The lowest BCUT2D eigenvalue weighted by Crippen LogP contribution is -2.41. The fourth-order valence-electron chi connectivity index (χ4n) is 3.83. The molecule has 0 bridgehead atoms. The maximum Gasteiger partial charge on any atom is 0.240 e. The summed E-state index contributed by atoms with van der Waals surface area (Å²) in [5, 5.41) is 11.7. The van der Waals surface area contributed by atoms with Crippen LogP contribution in [0.3, 0.4) is 0 Å². The summed E-state index contributed by atoms with van der Waals surface area (Å²) in [6.07, 6.45) is 0. The number of carbonyl (C=O) groups excluding carboxylic acids is 1. The number of hydrogen-bond donors (Lipinski definition) is 2. The Morgan fingerprint density at radius 1 is 1.03 bits per heavy atom. The zero-order valence-corrected chi connectivity index (χ0v) is 20.2. The molecule has 0 saturated carbocycles. The van der Waals surface area contributed by atoms with Crippen LogP contribution < -0.4 is 20.2 Å². The summed E-state index contributed by atoms with van der Waals surface area (Å²) in [6.45, 7) is 2.28. The monoisotopic (exact) mass is 487 g/mol. The van der Waals surface area contributed by atoms with Crippen molar-refractivity contribution in [3.63, 3.8) is 0 Å². The molecule has 0 unspecified atom stereocenters. The van der Waals surface area contributed by atoms with Crippen LogP contribution in [-0.4, -0.2) is 33.1 Å². The number of nitrogens with one attached hydrogen (secondary N) is 2. The summed E-state index contributed by atoms with van der Waals surface area (Å²) in [5.74, 6) is 1.81. The van der Waals surface area contributed by atoms with Gasteiger partial charge in [0.1, 0.15) is 23.4 Å². The maximum absolute atomic E-state index is 13.5. The largest absolute Gasteiger partial charge is 0.495 e. The smallest absolute Gasteiger partial charge is 0.240 e. The van der Waals surface area contributed by atoms with Crippen LogP contribution in [0.1, 0.15) is 23.0 Å². The second kappa shape index (κ2) is 10.1. The molecule has 1 aliphatic rings. The molecule has 2 atom stereocenters. The van der Waals surface area contributed by atoms with Gasteiger partial charge in [-0.25, -0.2) is 4.68 Å². The van der Waals surface area contributed by atoms with Gasteiger partial charge < -0.3 is 20.2 Å². The van der Waals surface area contributed by atoms with Gasteiger partial charge in [-0.3, -0.25) is 4.79 Å². The lowest BCUT2D eigenvalue weighted by molar-refractivity contribution is -0.116. The number of ether oxygens (including phenoxy) is 2. The van der Waals surface area contributed by atoms with E-state index in [0.29, 0.717) is 22.4 Å². The highest BCUT2D eigenvalue weighted by molar-refractivity contribution is 8.00. The molecule has 4 aromatic rings. The van der Waals surface area contributed by atoms with Crippen LogP contribution in [0.2, 0.25) is 0 Å². The SMILES string of the molecule is COc1ccccc1NC(=O)[C@H]1Sc2nnc(COc3ccccc3)n2N[C@H]1c1ccc(C)cc1. The molecule has 9 heteroatoms. The zero-order valence-electron chi connectivity index (χ0n) is 19.3. The third-order valence-electron chi connectivity index (χ3n) is 5.67. The Morgan fingerprint density at radius 3 is 2.54 bits per heavy atom. The van der Waals surface area contributed by atoms with Gasteiger partial charge in [0.05, 0.1) is 18.8 Å². The first-order chi connectivity index (χ1) is 17.1. The molecule has 1 aromatic heterocycles. The predicted octanol–water partition coefficient (Wildman–Crippen LogP) is 4.57. The van der Waals surface area contributed by atoms with Gasteiger partial charge in [0.2, 0.25) is 11.1 Å². The van der Waals surface area contributed by atoms with E-state index in [9.17, 15) is 4.79 Å². The van der Waals surface area contributed by atoms with Gasteiger partial charge in [0.15, 0.2) is 5.82 Å². The average molecular weight is 488 g/mol. The number of amides is 1. The first-order valence-corrected chi connectivity index (χ1v) is 12.1. The summed E-state index contributed by atoms with van der Waals surface area (Å²) in [5.41, 5.74) is 6.21. The average Bonchev–Trinajstić information content (AvgIpc) is 3.30. The highest BCUT2D eigenvalue weighted by Crippen LogP contribution is 2.38. The molecule has 0 spiro atoms. The highest BCUT2D eigenvalue weighted by atomic mass is 32.2. The van der Waals surface area contributed by atoms with E-state index in [1.54, 1.807) is 7.11 Å². The van der Waals surface area contributed by atoms with E-state index in [0.717, 1.165) is 16.9 Å². The summed E-state index contributed by atoms with van der Waals surface area (Å²) in [6, 6.07) is 24.7. The number of para-hydroxylation sites is 3. The van der Waals surface area contributed by atoms with Gasteiger partial charge in [-0.05, 0) is 36.8 Å². The van der Waals surface area contributed by atoms with Crippen molar-refractivity contribution >= 4 is 23.4 Å². The molecule has 178 valence electrons. The van der Waals surface area contributed by atoms with Crippen LogP contribution >= 0.6 is 11.8 Å². The van der Waals surface area contributed by atoms with Crippen LogP contribution in [-0.2, 0) is 11.4 Å². The minimum Gasteiger partial charge on any atom is -0.495 e. The van der Waals surface area contributed by atoms with Crippen LogP contribution in [0.25, 0.3) is 0 Å². The fraction of sp³-hybridized carbons (Fsp3) is 0.192. The number of fused-ring (bicyclic) bond motifs is 1. The summed E-state index contributed by atoms with van der Waals surface area (Å²) >= 11 is 1.37. The molecule has 35 heavy (non-hydrogen) atoms. The van der Waals surface area contributed by atoms with Crippen molar-refractivity contribution in [3.8, 4) is 11.5 Å². The van der Waals surface area contributed by atoms with Crippen molar-refractivity contribution in [1.29, 1.82) is 0 Å². The lowest BCUT2D eigenvalue weighted by Gasteiger charge is -2.33. The fourth-order valence-corrected chi connectivity index (χ4v) is 4.93. The Kier molecular flexibility index (Phi) is 6.58. The number of anilines is 1. The third-order valence-corrected chi connectivity index (χ3v) is 6.89. The van der Waals surface area contributed by atoms with Crippen molar-refractivity contribution in [2.24, 2.45) is 0 Å². The molecule has 3 aromatic carbocycles. The Morgan fingerprint density at radius 2 is 1.77 bits per heavy atom. The van der Waals surface area contributed by atoms with Crippen molar-refractivity contribution in [1.82, 2.24) is 14.9 Å². The van der Waals surface area contributed by atoms with Crippen LogP contribution in [0.15, 0.2) is 84.0 Å². The maximum atomic E-state index is 13.5. The Labute approximate surface area is 207 Å². The number of carbonyl (C=O) groups is 1. The van der Waals surface area contributed by atoms with Gasteiger partial charge in [-0.1, -0.05) is 71.9 Å². The van der Waals surface area contributed by atoms with Crippen molar-refractivity contribution in [3.05, 3.63) is 95.8 Å². The van der Waals surface area contributed by atoms with Gasteiger partial charge in [-0.15, -0.1) is 10.2 Å². The van der Waals surface area contributed by atoms with E-state index in [1.165, 1.54) is 11.8 Å². The Hall–Kier alpha value is -3.98. The third kappa shape index (κ3) is 4.95. The van der Waals surface area contributed by atoms with Crippen molar-refractivity contribution in [2.45, 2.75) is 30.0 Å². The molecule has 2 heterocycles. The number of rotatable bonds is 7. The molecule has 8 nitrogen and oxygen atoms in total. The number of aromatic nitrogens is 3. The highest BCUT2D eigenvalue weighted by Gasteiger charge is 2.38. The molecule has 1 aliphatic heterocycles. The lowest BCUT2D eigenvalue weighted by atomic mass is 10.0. The molecular formula is C26H25N5O3S. The first kappa shape index (κ1) is 22.8. The van der Waals surface area contributed by atoms with E-state index in [4.69, 9.17) is 9.47 Å². The van der Waals surface area contributed by atoms with Crippen LogP contribution in [0, 0.1) is 6.92 Å². The van der Waals surface area contributed by atoms with E-state index in [-0.39, 0.29) is 18.6 Å². The molecule has 0 radical (unpaired) electrons. The zero-order chi connectivity index (χ0) is 24.2. The molecule has 2 N–H and O–H groups in total. The predicted molar refractivity (Wildman–Crippen MR) is 135 cm³/mol. The molecule has 5 rings (SSSR count). The number of benzene rings is 3. The number of nitrogens with zero attached hydrogens (tertiary/aromatic N) is 3. The molecular weight excluding hydrogens is 462 g/mol.